The molecule has 0 amide bonds. The molecule has 3 nitrogen and oxygen atoms in total. The maximum atomic E-state index is 9.54. The Hall–Kier alpha value is -1.90. The first kappa shape index (κ1) is 7.73. The number of benzene rings is 2. The monoisotopic (exact) mass is 175 g/mol. The minimum atomic E-state index is 0.0671. The Balaban J connectivity index is 2.87. The molecule has 13 heavy (non-hydrogen) atoms. The standard InChI is InChI=1S/C10H9NO2/c11-9-4-1-6-5-7(12)2-3-8(6)10(9)13/h1-5,12-13H,11H2. The normalized spacial score (nSPS) is 10.5. The van der Waals surface area contributed by atoms with Gasteiger partial charge in [0.05, 0.1) is 5.69 Å². The van der Waals surface area contributed by atoms with Gasteiger partial charge in [-0.1, -0.05) is 6.07 Å². The highest BCUT2D eigenvalue weighted by Gasteiger charge is 2.03. The Labute approximate surface area is 75.0 Å². The van der Waals surface area contributed by atoms with Crippen molar-refractivity contribution in [2.24, 2.45) is 0 Å². The fraction of sp³-hybridized carbons (Fsp3) is 0. The van der Waals surface area contributed by atoms with Gasteiger partial charge in [0.1, 0.15) is 11.5 Å². The number of nitrogen functional groups attached to an aromatic ring is 1. The minimum absolute atomic E-state index is 0.0671. The van der Waals surface area contributed by atoms with E-state index in [9.17, 15) is 10.2 Å². The van der Waals surface area contributed by atoms with Gasteiger partial charge in [-0.3, -0.25) is 0 Å². The van der Waals surface area contributed by atoms with Crippen molar-refractivity contribution in [1.82, 2.24) is 0 Å². The number of nitrogens with two attached hydrogens (primary N) is 1. The molecule has 0 aliphatic heterocycles. The fourth-order valence-electron chi connectivity index (χ4n) is 1.32. The Kier molecular flexibility index (Phi) is 1.52. The van der Waals surface area contributed by atoms with Crippen molar-refractivity contribution < 1.29 is 10.2 Å². The van der Waals surface area contributed by atoms with Crippen molar-refractivity contribution in [3.8, 4) is 11.5 Å². The van der Waals surface area contributed by atoms with Crippen LogP contribution in [0.3, 0.4) is 0 Å². The summed E-state index contributed by atoms with van der Waals surface area (Å²) in [5, 5.41) is 20.1. The highest BCUT2D eigenvalue weighted by atomic mass is 16.3. The van der Waals surface area contributed by atoms with Gasteiger partial charge in [0.15, 0.2) is 0 Å². The van der Waals surface area contributed by atoms with Crippen LogP contribution in [0.1, 0.15) is 0 Å². The molecule has 0 radical (unpaired) electrons. The van der Waals surface area contributed by atoms with Gasteiger partial charge in [0.2, 0.25) is 0 Å². The van der Waals surface area contributed by atoms with Gasteiger partial charge in [0, 0.05) is 5.39 Å². The highest BCUT2D eigenvalue weighted by molar-refractivity contribution is 5.93. The van der Waals surface area contributed by atoms with E-state index in [0.717, 1.165) is 5.39 Å². The van der Waals surface area contributed by atoms with E-state index in [1.807, 2.05) is 0 Å². The van der Waals surface area contributed by atoms with Gasteiger partial charge in [-0.25, -0.2) is 0 Å². The van der Waals surface area contributed by atoms with Gasteiger partial charge in [-0.2, -0.15) is 0 Å². The van der Waals surface area contributed by atoms with E-state index in [0.29, 0.717) is 11.1 Å². The van der Waals surface area contributed by atoms with E-state index in [-0.39, 0.29) is 11.5 Å². The number of fused-ring (bicyclic) bond motifs is 1. The average molecular weight is 175 g/mol. The third-order valence-corrected chi connectivity index (χ3v) is 2.01. The van der Waals surface area contributed by atoms with Crippen molar-refractivity contribution >= 4 is 16.5 Å². The number of phenols is 2. The number of phenolic OH excluding ortho intramolecular Hbond substituents is 2. The van der Waals surface area contributed by atoms with Crippen LogP contribution in [0.5, 0.6) is 11.5 Å². The quantitative estimate of drug-likeness (QED) is 0.422. The number of hydrogen-bond donors (Lipinski definition) is 3. The van der Waals surface area contributed by atoms with E-state index >= 15 is 0 Å². The lowest BCUT2D eigenvalue weighted by molar-refractivity contribution is 0.475. The third kappa shape index (κ3) is 1.14. The number of anilines is 1. The van der Waals surface area contributed by atoms with E-state index in [2.05, 4.69) is 0 Å². The maximum absolute atomic E-state index is 9.54. The lowest BCUT2D eigenvalue weighted by Gasteiger charge is -2.03. The molecule has 0 spiro atoms. The molecule has 66 valence electrons. The fourth-order valence-corrected chi connectivity index (χ4v) is 1.32. The zero-order valence-corrected chi connectivity index (χ0v) is 6.86. The Morgan fingerprint density at radius 2 is 1.77 bits per heavy atom. The van der Waals surface area contributed by atoms with Crippen LogP contribution in [0.25, 0.3) is 10.8 Å². The first-order valence-corrected chi connectivity index (χ1v) is 3.88. The number of aromatic hydroxyl groups is 2. The Morgan fingerprint density at radius 1 is 1.00 bits per heavy atom. The van der Waals surface area contributed by atoms with Crippen LogP contribution in [0.2, 0.25) is 0 Å². The van der Waals surface area contributed by atoms with Crippen LogP contribution >= 0.6 is 0 Å². The molecule has 0 aliphatic rings. The first-order valence-electron chi connectivity index (χ1n) is 3.88. The highest BCUT2D eigenvalue weighted by Crippen LogP contribution is 2.31. The van der Waals surface area contributed by atoms with Crippen molar-refractivity contribution in [2.45, 2.75) is 0 Å². The van der Waals surface area contributed by atoms with Crippen molar-refractivity contribution in [3.05, 3.63) is 30.3 Å². The molecule has 2 aromatic carbocycles. The summed E-state index contributed by atoms with van der Waals surface area (Å²) in [4.78, 5) is 0. The molecule has 3 heteroatoms. The molecule has 0 unspecified atom stereocenters. The molecule has 0 aliphatic carbocycles. The summed E-state index contributed by atoms with van der Waals surface area (Å²) in [6.45, 7) is 0. The second-order valence-corrected chi connectivity index (χ2v) is 2.91. The van der Waals surface area contributed by atoms with Crippen LogP contribution in [0, 0.1) is 0 Å². The molecule has 0 atom stereocenters. The molecule has 0 saturated heterocycles. The summed E-state index contributed by atoms with van der Waals surface area (Å²) >= 11 is 0. The minimum Gasteiger partial charge on any atom is -0.508 e. The summed E-state index contributed by atoms with van der Waals surface area (Å²) in [5.74, 6) is 0.245. The maximum Gasteiger partial charge on any atom is 0.146 e. The van der Waals surface area contributed by atoms with E-state index in [1.54, 1.807) is 24.3 Å². The third-order valence-electron chi connectivity index (χ3n) is 2.01. The zero-order valence-electron chi connectivity index (χ0n) is 6.86. The number of hydrogen-bond acceptors (Lipinski definition) is 3. The van der Waals surface area contributed by atoms with E-state index in [4.69, 9.17) is 5.73 Å². The molecule has 0 fully saturated rings. The van der Waals surface area contributed by atoms with Gasteiger partial charge >= 0.3 is 0 Å². The Bertz CT molecular complexity index is 466. The summed E-state index contributed by atoms with van der Waals surface area (Å²) in [5.41, 5.74) is 5.86. The van der Waals surface area contributed by atoms with Gasteiger partial charge in [-0.05, 0) is 29.7 Å². The second-order valence-electron chi connectivity index (χ2n) is 2.91. The average Bonchev–Trinajstić information content (AvgIpc) is 2.12. The number of rotatable bonds is 0. The van der Waals surface area contributed by atoms with Crippen LogP contribution in [-0.4, -0.2) is 10.2 Å². The predicted molar refractivity (Wildman–Crippen MR) is 51.7 cm³/mol. The van der Waals surface area contributed by atoms with Crippen LogP contribution < -0.4 is 5.73 Å². The molecule has 0 aromatic heterocycles. The van der Waals surface area contributed by atoms with E-state index < -0.39 is 0 Å². The zero-order chi connectivity index (χ0) is 9.42. The molecule has 2 rings (SSSR count). The van der Waals surface area contributed by atoms with Gasteiger partial charge < -0.3 is 15.9 Å². The molecular weight excluding hydrogens is 166 g/mol. The van der Waals surface area contributed by atoms with Crippen LogP contribution in [0.4, 0.5) is 5.69 Å². The largest absolute Gasteiger partial charge is 0.508 e. The summed E-state index contributed by atoms with van der Waals surface area (Å²) in [6.07, 6.45) is 0. The predicted octanol–water partition coefficient (Wildman–Crippen LogP) is 1.83. The van der Waals surface area contributed by atoms with Gasteiger partial charge in [0.25, 0.3) is 0 Å². The molecule has 0 bridgehead atoms. The molecular formula is C10H9NO2. The van der Waals surface area contributed by atoms with Crippen molar-refractivity contribution in [3.63, 3.8) is 0 Å². The lowest BCUT2D eigenvalue weighted by Crippen LogP contribution is -1.85. The lowest BCUT2D eigenvalue weighted by atomic mass is 10.1. The second kappa shape index (κ2) is 2.55. The topological polar surface area (TPSA) is 66.5 Å². The van der Waals surface area contributed by atoms with Crippen molar-refractivity contribution in [1.29, 1.82) is 0 Å². The van der Waals surface area contributed by atoms with Crippen LogP contribution in [0.15, 0.2) is 30.3 Å². The summed E-state index contributed by atoms with van der Waals surface area (Å²) in [6, 6.07) is 8.09. The molecule has 0 heterocycles. The molecule has 2 aromatic rings. The smallest absolute Gasteiger partial charge is 0.146 e. The summed E-state index contributed by atoms with van der Waals surface area (Å²) in [7, 11) is 0. The molecule has 4 N–H and O–H groups in total. The van der Waals surface area contributed by atoms with Crippen LogP contribution in [-0.2, 0) is 0 Å². The SMILES string of the molecule is Nc1ccc2cc(O)ccc2c1O. The van der Waals surface area contributed by atoms with Gasteiger partial charge in [-0.15, -0.1) is 0 Å². The first-order chi connectivity index (χ1) is 6.18. The Morgan fingerprint density at radius 3 is 2.54 bits per heavy atom. The van der Waals surface area contributed by atoms with Crippen molar-refractivity contribution in [2.75, 3.05) is 5.73 Å². The molecule has 0 saturated carbocycles. The summed E-state index contributed by atoms with van der Waals surface area (Å²) < 4.78 is 0. The van der Waals surface area contributed by atoms with E-state index in [1.165, 1.54) is 6.07 Å².